The Kier molecular flexibility index (Phi) is 2.94. The van der Waals surface area contributed by atoms with Gasteiger partial charge >= 0.3 is 5.97 Å². The first-order valence-corrected chi connectivity index (χ1v) is 4.65. The first kappa shape index (κ1) is 10.1. The number of hydrogen-bond donors (Lipinski definition) is 1. The summed E-state index contributed by atoms with van der Waals surface area (Å²) in [6.07, 6.45) is 0.695. The van der Waals surface area contributed by atoms with E-state index in [2.05, 4.69) is 4.98 Å². The van der Waals surface area contributed by atoms with Gasteiger partial charge in [-0.1, -0.05) is 6.07 Å². The standard InChI is InChI=1S/C10H11NO4/c12-9(13)5-7-6-14-10(15-7)8-3-1-2-4-11-8/h1-4,7,10H,5-6H2,(H,12,13). The summed E-state index contributed by atoms with van der Waals surface area (Å²) >= 11 is 0. The summed E-state index contributed by atoms with van der Waals surface area (Å²) in [5.74, 6) is -0.884. The third kappa shape index (κ3) is 2.51. The van der Waals surface area contributed by atoms with Crippen molar-refractivity contribution in [2.24, 2.45) is 0 Å². The molecule has 2 unspecified atom stereocenters. The lowest BCUT2D eigenvalue weighted by atomic mass is 10.3. The fourth-order valence-corrected chi connectivity index (χ4v) is 1.42. The predicted octanol–water partition coefficient (Wildman–Crippen LogP) is 0.970. The van der Waals surface area contributed by atoms with E-state index in [4.69, 9.17) is 14.6 Å². The van der Waals surface area contributed by atoms with Gasteiger partial charge in [-0.25, -0.2) is 0 Å². The van der Waals surface area contributed by atoms with Crippen LogP contribution >= 0.6 is 0 Å². The molecule has 0 aromatic carbocycles. The molecule has 1 aliphatic heterocycles. The van der Waals surface area contributed by atoms with E-state index in [0.717, 1.165) is 0 Å². The third-order valence-electron chi connectivity index (χ3n) is 2.08. The van der Waals surface area contributed by atoms with Crippen molar-refractivity contribution in [2.75, 3.05) is 6.61 Å². The molecule has 0 saturated carbocycles. The number of hydrogen-bond acceptors (Lipinski definition) is 4. The highest BCUT2D eigenvalue weighted by atomic mass is 16.7. The number of rotatable bonds is 3. The van der Waals surface area contributed by atoms with Gasteiger partial charge in [0.2, 0.25) is 6.29 Å². The van der Waals surface area contributed by atoms with E-state index in [1.54, 1.807) is 18.3 Å². The van der Waals surface area contributed by atoms with Crippen LogP contribution in [-0.4, -0.2) is 28.8 Å². The van der Waals surface area contributed by atoms with E-state index in [-0.39, 0.29) is 12.5 Å². The van der Waals surface area contributed by atoms with Crippen LogP contribution in [0, 0.1) is 0 Å². The average molecular weight is 209 g/mol. The zero-order valence-corrected chi connectivity index (χ0v) is 8.00. The van der Waals surface area contributed by atoms with Crippen molar-refractivity contribution in [1.29, 1.82) is 0 Å². The fraction of sp³-hybridized carbons (Fsp3) is 0.400. The second-order valence-electron chi connectivity index (χ2n) is 3.28. The number of carboxylic acids is 1. The molecule has 80 valence electrons. The van der Waals surface area contributed by atoms with E-state index >= 15 is 0 Å². The Balaban J connectivity index is 1.96. The maximum atomic E-state index is 10.4. The van der Waals surface area contributed by atoms with E-state index < -0.39 is 12.3 Å². The Morgan fingerprint density at radius 3 is 3.13 bits per heavy atom. The summed E-state index contributed by atoms with van der Waals surface area (Å²) in [7, 11) is 0. The zero-order chi connectivity index (χ0) is 10.7. The van der Waals surface area contributed by atoms with Gasteiger partial charge in [0.15, 0.2) is 0 Å². The number of aromatic nitrogens is 1. The van der Waals surface area contributed by atoms with Crippen LogP contribution in [0.2, 0.25) is 0 Å². The molecule has 1 N–H and O–H groups in total. The van der Waals surface area contributed by atoms with Crippen LogP contribution in [0.5, 0.6) is 0 Å². The molecule has 1 aromatic heterocycles. The predicted molar refractivity (Wildman–Crippen MR) is 50.1 cm³/mol. The first-order valence-electron chi connectivity index (χ1n) is 4.65. The van der Waals surface area contributed by atoms with Crippen molar-refractivity contribution < 1.29 is 19.4 Å². The van der Waals surface area contributed by atoms with Gasteiger partial charge in [-0.05, 0) is 12.1 Å². The number of pyridine rings is 1. The lowest BCUT2D eigenvalue weighted by molar-refractivity contribution is -0.140. The SMILES string of the molecule is O=C(O)CC1COC(c2ccccn2)O1. The van der Waals surface area contributed by atoms with Crippen LogP contribution in [0.3, 0.4) is 0 Å². The highest BCUT2D eigenvalue weighted by molar-refractivity contribution is 5.67. The zero-order valence-electron chi connectivity index (χ0n) is 8.00. The highest BCUT2D eigenvalue weighted by Crippen LogP contribution is 2.26. The smallest absolute Gasteiger partial charge is 0.306 e. The molecule has 15 heavy (non-hydrogen) atoms. The molecule has 0 spiro atoms. The minimum absolute atomic E-state index is 0.0384. The van der Waals surface area contributed by atoms with Gasteiger partial charge in [0.05, 0.1) is 24.8 Å². The number of carbonyl (C=O) groups is 1. The molecular formula is C10H11NO4. The molecule has 5 nitrogen and oxygen atoms in total. The summed E-state index contributed by atoms with van der Waals surface area (Å²) in [4.78, 5) is 14.5. The molecule has 2 atom stereocenters. The normalized spacial score (nSPS) is 25.3. The molecule has 1 aromatic rings. The highest BCUT2D eigenvalue weighted by Gasteiger charge is 2.29. The van der Waals surface area contributed by atoms with Crippen molar-refractivity contribution in [1.82, 2.24) is 4.98 Å². The summed E-state index contributed by atoms with van der Waals surface area (Å²) in [6, 6.07) is 5.42. The van der Waals surface area contributed by atoms with E-state index in [1.807, 2.05) is 6.07 Å². The third-order valence-corrected chi connectivity index (χ3v) is 2.08. The van der Waals surface area contributed by atoms with Crippen molar-refractivity contribution in [3.8, 4) is 0 Å². The van der Waals surface area contributed by atoms with Crippen molar-refractivity contribution >= 4 is 5.97 Å². The van der Waals surface area contributed by atoms with Crippen molar-refractivity contribution in [3.05, 3.63) is 30.1 Å². The lowest BCUT2D eigenvalue weighted by Gasteiger charge is -2.08. The second kappa shape index (κ2) is 4.37. The van der Waals surface area contributed by atoms with Crippen LogP contribution < -0.4 is 0 Å². The van der Waals surface area contributed by atoms with Gasteiger partial charge in [0.25, 0.3) is 0 Å². The number of carboxylic acid groups (broad SMARTS) is 1. The van der Waals surface area contributed by atoms with Gasteiger partial charge in [-0.2, -0.15) is 0 Å². The Morgan fingerprint density at radius 1 is 1.60 bits per heavy atom. The molecule has 0 amide bonds. The summed E-state index contributed by atoms with van der Waals surface area (Å²) in [6.45, 7) is 0.299. The van der Waals surface area contributed by atoms with Crippen LogP contribution in [0.4, 0.5) is 0 Å². The molecule has 0 bridgehead atoms. The van der Waals surface area contributed by atoms with E-state index in [1.165, 1.54) is 0 Å². The molecule has 2 heterocycles. The fourth-order valence-electron chi connectivity index (χ4n) is 1.42. The monoisotopic (exact) mass is 209 g/mol. The molecular weight excluding hydrogens is 198 g/mol. The van der Waals surface area contributed by atoms with Crippen molar-refractivity contribution in [2.45, 2.75) is 18.8 Å². The topological polar surface area (TPSA) is 68.7 Å². The Labute approximate surface area is 86.7 Å². The van der Waals surface area contributed by atoms with Gasteiger partial charge in [-0.3, -0.25) is 9.78 Å². The van der Waals surface area contributed by atoms with Crippen molar-refractivity contribution in [3.63, 3.8) is 0 Å². The van der Waals surface area contributed by atoms with Crippen LogP contribution in [0.15, 0.2) is 24.4 Å². The average Bonchev–Trinajstić information content (AvgIpc) is 2.67. The van der Waals surface area contributed by atoms with Gasteiger partial charge in [0.1, 0.15) is 0 Å². The minimum Gasteiger partial charge on any atom is -0.481 e. The van der Waals surface area contributed by atoms with E-state index in [9.17, 15) is 4.79 Å². The largest absolute Gasteiger partial charge is 0.481 e. The molecule has 2 rings (SSSR count). The lowest BCUT2D eigenvalue weighted by Crippen LogP contribution is -2.15. The number of ether oxygens (including phenoxy) is 2. The number of aliphatic carboxylic acids is 1. The van der Waals surface area contributed by atoms with Crippen LogP contribution in [0.25, 0.3) is 0 Å². The summed E-state index contributed by atoms with van der Waals surface area (Å²) < 4.78 is 10.7. The van der Waals surface area contributed by atoms with Gasteiger partial charge in [0, 0.05) is 6.20 Å². The molecule has 0 radical (unpaired) electrons. The Bertz CT molecular complexity index is 341. The summed E-state index contributed by atoms with van der Waals surface area (Å²) in [5, 5.41) is 8.58. The molecule has 1 aliphatic rings. The Morgan fingerprint density at radius 2 is 2.47 bits per heavy atom. The second-order valence-corrected chi connectivity index (χ2v) is 3.28. The molecule has 5 heteroatoms. The van der Waals surface area contributed by atoms with Gasteiger partial charge < -0.3 is 14.6 Å². The van der Waals surface area contributed by atoms with Gasteiger partial charge in [-0.15, -0.1) is 0 Å². The Hall–Kier alpha value is -1.46. The quantitative estimate of drug-likeness (QED) is 0.803. The van der Waals surface area contributed by atoms with Crippen LogP contribution in [0.1, 0.15) is 18.4 Å². The van der Waals surface area contributed by atoms with E-state index in [0.29, 0.717) is 12.3 Å². The maximum Gasteiger partial charge on any atom is 0.306 e. The summed E-state index contributed by atoms with van der Waals surface area (Å²) in [5.41, 5.74) is 0.672. The first-order chi connectivity index (χ1) is 7.25. The maximum absolute atomic E-state index is 10.4. The molecule has 0 aliphatic carbocycles. The van der Waals surface area contributed by atoms with Crippen LogP contribution in [-0.2, 0) is 14.3 Å². The molecule has 1 fully saturated rings. The minimum atomic E-state index is -0.884. The molecule has 1 saturated heterocycles. The number of nitrogens with zero attached hydrogens (tertiary/aromatic N) is 1.